The smallest absolute Gasteiger partial charge is 0.408 e. The molecule has 0 saturated carbocycles. The van der Waals surface area contributed by atoms with E-state index in [1.165, 1.54) is 0 Å². The molecule has 0 saturated heterocycles. The number of carbonyl (C=O) groups is 2. The van der Waals surface area contributed by atoms with Crippen molar-refractivity contribution in [1.82, 2.24) is 5.32 Å². The van der Waals surface area contributed by atoms with Gasteiger partial charge in [0, 0.05) is 0 Å². The molecule has 1 amide bonds. The normalized spacial score (nSPS) is 11.3. The first kappa shape index (κ1) is 20.0. The Hall–Kier alpha value is -3.33. The van der Waals surface area contributed by atoms with Crippen LogP contribution < -0.4 is 5.32 Å². The lowest BCUT2D eigenvalue weighted by Gasteiger charge is -2.20. The van der Waals surface area contributed by atoms with Gasteiger partial charge in [-0.05, 0) is 29.2 Å². The molecule has 0 aliphatic heterocycles. The van der Waals surface area contributed by atoms with Gasteiger partial charge in [0.1, 0.15) is 19.3 Å². The summed E-state index contributed by atoms with van der Waals surface area (Å²) in [6.45, 7) is 3.81. The monoisotopic (exact) mass is 366 g/mol. The topological polar surface area (TPSA) is 88.4 Å². The molecule has 1 atom stereocenters. The molecule has 140 valence electrons. The number of hydrogen-bond donors (Lipinski definition) is 1. The molecule has 0 aromatic heterocycles. The fraction of sp³-hybridized carbons (Fsp3) is 0.286. The van der Waals surface area contributed by atoms with Crippen molar-refractivity contribution in [2.45, 2.75) is 33.1 Å². The first-order chi connectivity index (χ1) is 13.0. The number of esters is 1. The maximum atomic E-state index is 12.3. The molecule has 27 heavy (non-hydrogen) atoms. The van der Waals surface area contributed by atoms with Crippen LogP contribution in [-0.4, -0.2) is 18.1 Å². The Morgan fingerprint density at radius 1 is 0.963 bits per heavy atom. The van der Waals surface area contributed by atoms with Crippen LogP contribution in [0, 0.1) is 17.2 Å². The van der Waals surface area contributed by atoms with E-state index in [9.17, 15) is 9.59 Å². The van der Waals surface area contributed by atoms with Gasteiger partial charge in [-0.3, -0.25) is 0 Å². The van der Waals surface area contributed by atoms with E-state index >= 15 is 0 Å². The minimum absolute atomic E-state index is 0.0640. The number of nitrogens with one attached hydrogen (secondary N) is 1. The lowest BCUT2D eigenvalue weighted by atomic mass is 10.1. The number of hydrogen-bond acceptors (Lipinski definition) is 5. The molecule has 6 heteroatoms. The van der Waals surface area contributed by atoms with Gasteiger partial charge < -0.3 is 14.8 Å². The average Bonchev–Trinajstić information content (AvgIpc) is 2.69. The van der Waals surface area contributed by atoms with Gasteiger partial charge in [0.05, 0.1) is 11.6 Å². The van der Waals surface area contributed by atoms with Crippen LogP contribution in [-0.2, 0) is 27.5 Å². The van der Waals surface area contributed by atoms with Crippen molar-refractivity contribution in [3.8, 4) is 6.07 Å². The summed E-state index contributed by atoms with van der Waals surface area (Å²) in [7, 11) is 0. The van der Waals surface area contributed by atoms with Crippen LogP contribution in [0.25, 0.3) is 0 Å². The molecule has 1 N–H and O–H groups in total. The second-order valence-corrected chi connectivity index (χ2v) is 6.34. The summed E-state index contributed by atoms with van der Waals surface area (Å²) in [5.41, 5.74) is 2.15. The van der Waals surface area contributed by atoms with Gasteiger partial charge in [0.2, 0.25) is 0 Å². The Labute approximate surface area is 158 Å². The van der Waals surface area contributed by atoms with Crippen molar-refractivity contribution in [2.24, 2.45) is 5.92 Å². The van der Waals surface area contributed by atoms with Crippen molar-refractivity contribution in [1.29, 1.82) is 5.26 Å². The van der Waals surface area contributed by atoms with Gasteiger partial charge in [-0.25, -0.2) is 9.59 Å². The van der Waals surface area contributed by atoms with E-state index in [1.807, 2.05) is 50.2 Å². The minimum Gasteiger partial charge on any atom is -0.459 e. The first-order valence-electron chi connectivity index (χ1n) is 8.62. The van der Waals surface area contributed by atoms with Crippen molar-refractivity contribution >= 4 is 12.1 Å². The van der Waals surface area contributed by atoms with Gasteiger partial charge >= 0.3 is 12.1 Å². The summed E-state index contributed by atoms with van der Waals surface area (Å²) < 4.78 is 10.5. The number of rotatable bonds is 7. The van der Waals surface area contributed by atoms with Crippen LogP contribution in [0.15, 0.2) is 54.6 Å². The average molecular weight is 366 g/mol. The zero-order valence-corrected chi connectivity index (χ0v) is 15.3. The highest BCUT2D eigenvalue weighted by molar-refractivity contribution is 5.81. The molecule has 2 aromatic rings. The summed E-state index contributed by atoms with van der Waals surface area (Å²) in [6, 6.07) is 17.2. The Bertz CT molecular complexity index is 795. The summed E-state index contributed by atoms with van der Waals surface area (Å²) >= 11 is 0. The van der Waals surface area contributed by atoms with Gasteiger partial charge in [-0.15, -0.1) is 0 Å². The molecule has 0 unspecified atom stereocenters. The number of nitrogens with zero attached hydrogens (tertiary/aromatic N) is 1. The second-order valence-electron chi connectivity index (χ2n) is 6.34. The lowest BCUT2D eigenvalue weighted by Crippen LogP contribution is -2.45. The highest BCUT2D eigenvalue weighted by Gasteiger charge is 2.26. The predicted molar refractivity (Wildman–Crippen MR) is 99.3 cm³/mol. The fourth-order valence-electron chi connectivity index (χ4n) is 2.31. The molecule has 6 nitrogen and oxygen atoms in total. The SMILES string of the molecule is CC(C)[C@H](NC(=O)OCc1ccccc1)C(=O)OCc1ccc(C#N)cc1. The summed E-state index contributed by atoms with van der Waals surface area (Å²) in [6.07, 6.45) is -0.673. The predicted octanol–water partition coefficient (Wildman–Crippen LogP) is 3.55. The molecule has 0 fully saturated rings. The number of ether oxygens (including phenoxy) is 2. The molecular formula is C21H22N2O4. The van der Waals surface area contributed by atoms with Crippen molar-refractivity contribution in [2.75, 3.05) is 0 Å². The first-order valence-corrected chi connectivity index (χ1v) is 8.62. The largest absolute Gasteiger partial charge is 0.459 e. The van der Waals surface area contributed by atoms with E-state index in [-0.39, 0.29) is 19.1 Å². The summed E-state index contributed by atoms with van der Waals surface area (Å²) in [4.78, 5) is 24.4. The molecule has 0 aliphatic rings. The van der Waals surface area contributed by atoms with Crippen LogP contribution >= 0.6 is 0 Å². The van der Waals surface area contributed by atoms with Gasteiger partial charge in [0.15, 0.2) is 0 Å². The third-order valence-electron chi connectivity index (χ3n) is 3.87. The van der Waals surface area contributed by atoms with Crippen LogP contribution in [0.1, 0.15) is 30.5 Å². The zero-order valence-electron chi connectivity index (χ0n) is 15.3. The maximum absolute atomic E-state index is 12.3. The molecule has 0 aliphatic carbocycles. The molecule has 0 spiro atoms. The van der Waals surface area contributed by atoms with Gasteiger partial charge in [0.25, 0.3) is 0 Å². The van der Waals surface area contributed by atoms with E-state index in [4.69, 9.17) is 14.7 Å². The van der Waals surface area contributed by atoms with Gasteiger partial charge in [-0.2, -0.15) is 5.26 Å². The van der Waals surface area contributed by atoms with Crippen LogP contribution in [0.2, 0.25) is 0 Å². The number of carbonyl (C=O) groups excluding carboxylic acids is 2. The Balaban J connectivity index is 1.86. The van der Waals surface area contributed by atoms with E-state index in [1.54, 1.807) is 24.3 Å². The zero-order chi connectivity index (χ0) is 19.6. The maximum Gasteiger partial charge on any atom is 0.408 e. The van der Waals surface area contributed by atoms with E-state index in [0.29, 0.717) is 5.56 Å². The number of benzene rings is 2. The Kier molecular flexibility index (Phi) is 7.38. The molecule has 2 aromatic carbocycles. The Morgan fingerprint density at radius 3 is 2.15 bits per heavy atom. The summed E-state index contributed by atoms with van der Waals surface area (Å²) in [5.74, 6) is -0.700. The van der Waals surface area contributed by atoms with Gasteiger partial charge in [-0.1, -0.05) is 56.3 Å². The molecular weight excluding hydrogens is 344 g/mol. The van der Waals surface area contributed by atoms with Crippen LogP contribution in [0.5, 0.6) is 0 Å². The Morgan fingerprint density at radius 2 is 1.56 bits per heavy atom. The van der Waals surface area contributed by atoms with Crippen molar-refractivity contribution in [3.63, 3.8) is 0 Å². The van der Waals surface area contributed by atoms with Crippen LogP contribution in [0.4, 0.5) is 4.79 Å². The molecule has 0 radical (unpaired) electrons. The third kappa shape index (κ3) is 6.48. The van der Waals surface area contributed by atoms with Crippen molar-refractivity contribution < 1.29 is 19.1 Å². The quantitative estimate of drug-likeness (QED) is 0.757. The number of nitriles is 1. The van der Waals surface area contributed by atoms with Crippen molar-refractivity contribution in [3.05, 3.63) is 71.3 Å². The lowest BCUT2D eigenvalue weighted by molar-refractivity contribution is -0.148. The highest BCUT2D eigenvalue weighted by atomic mass is 16.6. The molecule has 2 rings (SSSR count). The summed E-state index contributed by atoms with van der Waals surface area (Å²) in [5, 5.41) is 11.4. The third-order valence-corrected chi connectivity index (χ3v) is 3.87. The van der Waals surface area contributed by atoms with E-state index in [0.717, 1.165) is 11.1 Å². The molecule has 0 heterocycles. The fourth-order valence-corrected chi connectivity index (χ4v) is 2.31. The standard InChI is InChI=1S/C21H22N2O4/c1-15(2)19(23-21(25)27-14-17-6-4-3-5-7-17)20(24)26-13-18-10-8-16(12-22)9-11-18/h3-11,15,19H,13-14H2,1-2H3,(H,23,25)/t19-/m0/s1. The minimum atomic E-state index is -0.813. The van der Waals surface area contributed by atoms with E-state index in [2.05, 4.69) is 5.32 Å². The number of alkyl carbamates (subject to hydrolysis) is 1. The van der Waals surface area contributed by atoms with E-state index < -0.39 is 18.1 Å². The van der Waals surface area contributed by atoms with Crippen LogP contribution in [0.3, 0.4) is 0 Å². The number of amides is 1. The second kappa shape index (κ2) is 9.97. The molecule has 0 bridgehead atoms. The highest BCUT2D eigenvalue weighted by Crippen LogP contribution is 2.09.